The van der Waals surface area contributed by atoms with Gasteiger partial charge >= 0.3 is 0 Å². The Morgan fingerprint density at radius 1 is 1.30 bits per heavy atom. The van der Waals surface area contributed by atoms with Crippen molar-refractivity contribution >= 4 is 39.6 Å². The van der Waals surface area contributed by atoms with Crippen LogP contribution >= 0.6 is 23.5 Å². The number of fused-ring (bicyclic) bond motifs is 1. The molecule has 0 bridgehead atoms. The average Bonchev–Trinajstić information content (AvgIpc) is 2.81. The van der Waals surface area contributed by atoms with Crippen molar-refractivity contribution in [1.82, 2.24) is 0 Å². The lowest BCUT2D eigenvalue weighted by molar-refractivity contribution is -0.113. The number of aliphatic imine (C=N–C) groups is 2. The third-order valence-electron chi connectivity index (χ3n) is 2.91. The second-order valence-corrected chi connectivity index (χ2v) is 6.84. The van der Waals surface area contributed by atoms with Crippen molar-refractivity contribution in [2.24, 2.45) is 9.98 Å². The van der Waals surface area contributed by atoms with E-state index in [9.17, 15) is 9.90 Å². The quantitative estimate of drug-likeness (QED) is 0.912. The van der Waals surface area contributed by atoms with Gasteiger partial charge in [0, 0.05) is 11.8 Å². The largest absolute Gasteiger partial charge is 0.510 e. The van der Waals surface area contributed by atoms with E-state index in [0.29, 0.717) is 5.84 Å². The average molecular weight is 304 g/mol. The molecule has 1 aromatic carbocycles. The minimum atomic E-state index is -0.442. The molecule has 1 amide bonds. The highest BCUT2D eigenvalue weighted by Gasteiger charge is 2.33. The number of hydrogen-bond donors (Lipinski definition) is 1. The van der Waals surface area contributed by atoms with Crippen molar-refractivity contribution in [3.63, 3.8) is 0 Å². The monoisotopic (exact) mass is 304 g/mol. The van der Waals surface area contributed by atoms with Gasteiger partial charge in [-0.15, -0.1) is 0 Å². The van der Waals surface area contributed by atoms with Crippen LogP contribution in [0.1, 0.15) is 11.1 Å². The van der Waals surface area contributed by atoms with Crippen molar-refractivity contribution in [3.8, 4) is 0 Å². The van der Waals surface area contributed by atoms with E-state index in [0.717, 1.165) is 16.2 Å². The summed E-state index contributed by atoms with van der Waals surface area (Å²) in [6, 6.07) is 8.34. The van der Waals surface area contributed by atoms with Crippen molar-refractivity contribution in [1.29, 1.82) is 0 Å². The summed E-state index contributed by atoms with van der Waals surface area (Å²) in [5, 5.41) is 9.43. The second kappa shape index (κ2) is 5.46. The number of amides is 1. The second-order valence-electron chi connectivity index (χ2n) is 4.53. The number of hydrogen-bond acceptors (Lipinski definition) is 5. The zero-order chi connectivity index (χ0) is 14.1. The van der Waals surface area contributed by atoms with E-state index >= 15 is 0 Å². The number of dihydropyridines is 1. The highest BCUT2D eigenvalue weighted by molar-refractivity contribution is 8.39. The molecule has 1 unspecified atom stereocenters. The van der Waals surface area contributed by atoms with E-state index in [-0.39, 0.29) is 11.0 Å². The number of nitrogens with zero attached hydrogens (tertiary/aromatic N) is 2. The van der Waals surface area contributed by atoms with E-state index in [2.05, 4.69) is 41.2 Å². The van der Waals surface area contributed by atoms with Crippen molar-refractivity contribution in [2.75, 3.05) is 0 Å². The molecule has 2 heterocycles. The Morgan fingerprint density at radius 2 is 2.05 bits per heavy atom. The van der Waals surface area contributed by atoms with Gasteiger partial charge in [-0.3, -0.25) is 4.79 Å². The van der Waals surface area contributed by atoms with E-state index in [1.807, 2.05) is 0 Å². The number of amidine groups is 1. The summed E-state index contributed by atoms with van der Waals surface area (Å²) in [5.74, 6) is 0.818. The summed E-state index contributed by atoms with van der Waals surface area (Å²) in [5.41, 5.74) is 2.46. The number of benzene rings is 1. The third kappa shape index (κ3) is 2.81. The van der Waals surface area contributed by atoms with Gasteiger partial charge in [-0.2, -0.15) is 4.99 Å². The van der Waals surface area contributed by atoms with Gasteiger partial charge in [0.25, 0.3) is 5.91 Å². The van der Waals surface area contributed by atoms with Gasteiger partial charge in [0.2, 0.25) is 0 Å². The minimum absolute atomic E-state index is 0.0414. The number of aliphatic hydroxyl groups is 1. The van der Waals surface area contributed by atoms with Crippen molar-refractivity contribution in [2.45, 2.75) is 17.9 Å². The van der Waals surface area contributed by atoms with Crippen LogP contribution in [0.15, 0.2) is 46.1 Å². The van der Waals surface area contributed by atoms with Gasteiger partial charge in [0.15, 0.2) is 5.84 Å². The topological polar surface area (TPSA) is 62.0 Å². The normalized spacial score (nSPS) is 21.1. The molecule has 0 aromatic heterocycles. The van der Waals surface area contributed by atoms with Gasteiger partial charge in [0.05, 0.1) is 0 Å². The Labute approximate surface area is 125 Å². The molecule has 102 valence electrons. The van der Waals surface area contributed by atoms with Gasteiger partial charge in [-0.1, -0.05) is 53.4 Å². The Bertz CT molecular complexity index is 648. The van der Waals surface area contributed by atoms with E-state index in [1.165, 1.54) is 22.9 Å². The standard InChI is InChI=1S/C14H12N2O2S2/c1-8-2-4-9(5-3-8)7-19-14-16-13-12(20-14)10(17)6-11(18)15-13/h2-6,12,17H,7H2,1H3. The first-order valence-corrected chi connectivity index (χ1v) is 7.95. The van der Waals surface area contributed by atoms with Crippen LogP contribution in [0.2, 0.25) is 0 Å². The zero-order valence-corrected chi connectivity index (χ0v) is 12.4. The molecule has 20 heavy (non-hydrogen) atoms. The molecule has 2 aliphatic heterocycles. The van der Waals surface area contributed by atoms with Gasteiger partial charge in [-0.25, -0.2) is 4.99 Å². The molecule has 1 N–H and O–H groups in total. The fourth-order valence-electron chi connectivity index (χ4n) is 1.85. The predicted octanol–water partition coefficient (Wildman–Crippen LogP) is 3.08. The molecule has 2 aliphatic rings. The lowest BCUT2D eigenvalue weighted by Crippen LogP contribution is -2.20. The highest BCUT2D eigenvalue weighted by Crippen LogP contribution is 2.35. The molecule has 4 nitrogen and oxygen atoms in total. The Hall–Kier alpha value is -1.53. The molecule has 1 atom stereocenters. The summed E-state index contributed by atoms with van der Waals surface area (Å²) >= 11 is 3.03. The summed E-state index contributed by atoms with van der Waals surface area (Å²) in [6.07, 6.45) is 1.16. The van der Waals surface area contributed by atoms with Crippen LogP contribution < -0.4 is 0 Å². The van der Waals surface area contributed by atoms with E-state index in [1.54, 1.807) is 11.8 Å². The van der Waals surface area contributed by atoms with Gasteiger partial charge < -0.3 is 5.11 Å². The summed E-state index contributed by atoms with van der Waals surface area (Å²) in [4.78, 5) is 19.4. The van der Waals surface area contributed by atoms with Crippen LogP contribution in [0, 0.1) is 6.92 Å². The highest BCUT2D eigenvalue weighted by atomic mass is 32.2. The summed E-state index contributed by atoms with van der Waals surface area (Å²) < 4.78 is 0.837. The maximum absolute atomic E-state index is 11.2. The Morgan fingerprint density at radius 3 is 2.80 bits per heavy atom. The number of carbonyl (C=O) groups excluding carboxylic acids is 1. The Balaban J connectivity index is 1.67. The molecule has 6 heteroatoms. The number of thioether (sulfide) groups is 2. The first-order chi connectivity index (χ1) is 9.61. The Kier molecular flexibility index (Phi) is 3.67. The number of aryl methyl sites for hydroxylation is 1. The summed E-state index contributed by atoms with van der Waals surface area (Å²) in [6.45, 7) is 2.06. The van der Waals surface area contributed by atoms with Gasteiger partial charge in [0.1, 0.15) is 15.4 Å². The number of aliphatic hydroxyl groups excluding tert-OH is 1. The first-order valence-electron chi connectivity index (χ1n) is 6.08. The number of rotatable bonds is 2. The zero-order valence-electron chi connectivity index (χ0n) is 10.7. The van der Waals surface area contributed by atoms with Crippen molar-refractivity contribution < 1.29 is 9.90 Å². The SMILES string of the molecule is Cc1ccc(CSC2=NC3=NC(=O)C=C(O)C3S2)cc1. The molecule has 0 saturated carbocycles. The van der Waals surface area contributed by atoms with E-state index in [4.69, 9.17) is 0 Å². The third-order valence-corrected chi connectivity index (χ3v) is 5.35. The smallest absolute Gasteiger partial charge is 0.274 e. The lowest BCUT2D eigenvalue weighted by atomic mass is 10.2. The molecule has 0 saturated heterocycles. The van der Waals surface area contributed by atoms with E-state index < -0.39 is 5.91 Å². The van der Waals surface area contributed by atoms with Crippen molar-refractivity contribution in [3.05, 3.63) is 47.2 Å². The summed E-state index contributed by atoms with van der Waals surface area (Å²) in [7, 11) is 0. The maximum atomic E-state index is 11.2. The van der Waals surface area contributed by atoms with Crippen LogP contribution in [0.3, 0.4) is 0 Å². The molecule has 1 aromatic rings. The molecular formula is C14H12N2O2S2. The predicted molar refractivity (Wildman–Crippen MR) is 84.4 cm³/mol. The maximum Gasteiger partial charge on any atom is 0.274 e. The molecular weight excluding hydrogens is 292 g/mol. The van der Waals surface area contributed by atoms with Crippen LogP contribution in [0.4, 0.5) is 0 Å². The molecule has 0 radical (unpaired) electrons. The fourth-order valence-corrected chi connectivity index (χ4v) is 3.98. The van der Waals surface area contributed by atoms with Crippen LogP contribution in [-0.4, -0.2) is 26.5 Å². The molecule has 0 fully saturated rings. The van der Waals surface area contributed by atoms with Crippen LogP contribution in [-0.2, 0) is 10.5 Å². The molecule has 3 rings (SSSR count). The van der Waals surface area contributed by atoms with Crippen LogP contribution in [0.25, 0.3) is 0 Å². The van der Waals surface area contributed by atoms with Crippen LogP contribution in [0.5, 0.6) is 0 Å². The lowest BCUT2D eigenvalue weighted by Gasteiger charge is -2.10. The molecule has 0 spiro atoms. The minimum Gasteiger partial charge on any atom is -0.510 e. The van der Waals surface area contributed by atoms with Gasteiger partial charge in [-0.05, 0) is 12.5 Å². The number of carbonyl (C=O) groups is 1. The fraction of sp³-hybridized carbons (Fsp3) is 0.214. The first kappa shape index (κ1) is 13.5. The molecule has 0 aliphatic carbocycles.